The van der Waals surface area contributed by atoms with E-state index in [0.29, 0.717) is 33.9 Å². The van der Waals surface area contributed by atoms with E-state index in [2.05, 4.69) is 9.97 Å². The van der Waals surface area contributed by atoms with Gasteiger partial charge in [0.2, 0.25) is 0 Å². The largest absolute Gasteiger partial charge is 0.383 e. The van der Waals surface area contributed by atoms with Crippen LogP contribution in [0.4, 0.5) is 4.39 Å². The van der Waals surface area contributed by atoms with Crippen molar-refractivity contribution in [1.29, 1.82) is 0 Å². The van der Waals surface area contributed by atoms with Crippen LogP contribution in [-0.4, -0.2) is 39.0 Å². The first-order valence-corrected chi connectivity index (χ1v) is 8.36. The average molecular weight is 343 g/mol. The summed E-state index contributed by atoms with van der Waals surface area (Å²) in [6, 6.07) is 9.34. The standard InChI is InChI=1S/C17H14FN3O2S/c18-12-5-3-11(4-6-12)17(23)7-9-21(10-17)16(22)15-20-13-2-1-8-19-14(13)24-15/h1-6,8,23H,7,9-10H2. The minimum absolute atomic E-state index is 0.167. The Morgan fingerprint density at radius 3 is 2.83 bits per heavy atom. The number of likely N-dealkylation sites (tertiary alicyclic amines) is 1. The number of hydrogen-bond acceptors (Lipinski definition) is 5. The van der Waals surface area contributed by atoms with Crippen molar-refractivity contribution in [1.82, 2.24) is 14.9 Å². The molecule has 2 aromatic heterocycles. The van der Waals surface area contributed by atoms with Gasteiger partial charge < -0.3 is 10.0 Å². The molecule has 1 unspecified atom stereocenters. The van der Waals surface area contributed by atoms with Crippen LogP contribution in [0.5, 0.6) is 0 Å². The van der Waals surface area contributed by atoms with Crippen molar-refractivity contribution in [3.8, 4) is 0 Å². The zero-order chi connectivity index (χ0) is 16.7. The van der Waals surface area contributed by atoms with Gasteiger partial charge in [0, 0.05) is 12.7 Å². The smallest absolute Gasteiger partial charge is 0.283 e. The highest BCUT2D eigenvalue weighted by Gasteiger charge is 2.40. The fourth-order valence-corrected chi connectivity index (χ4v) is 3.83. The van der Waals surface area contributed by atoms with Gasteiger partial charge >= 0.3 is 0 Å². The third kappa shape index (κ3) is 2.55. The van der Waals surface area contributed by atoms with Crippen molar-refractivity contribution in [3.05, 3.63) is 59.0 Å². The first-order chi connectivity index (χ1) is 11.5. The molecular weight excluding hydrogens is 329 g/mol. The van der Waals surface area contributed by atoms with Crippen LogP contribution in [-0.2, 0) is 5.60 Å². The highest BCUT2D eigenvalue weighted by atomic mass is 32.1. The summed E-state index contributed by atoms with van der Waals surface area (Å²) in [5.74, 6) is -0.564. The highest BCUT2D eigenvalue weighted by molar-refractivity contribution is 7.19. The van der Waals surface area contributed by atoms with E-state index in [1.165, 1.54) is 23.5 Å². The lowest BCUT2D eigenvalue weighted by molar-refractivity contribution is 0.0417. The van der Waals surface area contributed by atoms with E-state index in [-0.39, 0.29) is 18.3 Å². The number of carbonyl (C=O) groups excluding carboxylic acids is 1. The lowest BCUT2D eigenvalue weighted by Crippen LogP contribution is -2.34. The summed E-state index contributed by atoms with van der Waals surface area (Å²) in [6.07, 6.45) is 2.07. The van der Waals surface area contributed by atoms with E-state index < -0.39 is 5.60 Å². The minimum atomic E-state index is -1.15. The second-order valence-electron chi connectivity index (χ2n) is 5.86. The number of benzene rings is 1. The number of β-amino-alcohol motifs (C(OH)–C–C–N with tert-alkyl or cyclic N) is 1. The predicted molar refractivity (Wildman–Crippen MR) is 88.2 cm³/mol. The molecule has 1 saturated heterocycles. The van der Waals surface area contributed by atoms with Crippen molar-refractivity contribution in [2.75, 3.05) is 13.1 Å². The Bertz CT molecular complexity index is 879. The summed E-state index contributed by atoms with van der Waals surface area (Å²) in [6.45, 7) is 0.594. The molecule has 1 aliphatic rings. The molecule has 0 spiro atoms. The second kappa shape index (κ2) is 5.61. The molecule has 4 rings (SSSR count). The van der Waals surface area contributed by atoms with Crippen molar-refractivity contribution < 1.29 is 14.3 Å². The van der Waals surface area contributed by atoms with Gasteiger partial charge in [0.05, 0.1) is 6.54 Å². The number of hydrogen-bond donors (Lipinski definition) is 1. The zero-order valence-electron chi connectivity index (χ0n) is 12.6. The third-order valence-electron chi connectivity index (χ3n) is 4.27. The van der Waals surface area contributed by atoms with Crippen LogP contribution in [0, 0.1) is 5.82 Å². The maximum Gasteiger partial charge on any atom is 0.283 e. The molecule has 0 saturated carbocycles. The molecule has 0 aliphatic carbocycles. The fraction of sp³-hybridized carbons (Fsp3) is 0.235. The summed E-state index contributed by atoms with van der Waals surface area (Å²) in [7, 11) is 0. The molecule has 7 heteroatoms. The van der Waals surface area contributed by atoms with Crippen molar-refractivity contribution in [3.63, 3.8) is 0 Å². The number of amides is 1. The summed E-state index contributed by atoms with van der Waals surface area (Å²) in [4.78, 5) is 23.5. The normalized spacial score (nSPS) is 20.7. The molecule has 122 valence electrons. The molecule has 5 nitrogen and oxygen atoms in total. The molecular formula is C17H14FN3O2S. The lowest BCUT2D eigenvalue weighted by Gasteiger charge is -2.23. The summed E-state index contributed by atoms with van der Waals surface area (Å²) < 4.78 is 13.1. The SMILES string of the molecule is O=C(c1nc2cccnc2s1)N1CCC(O)(c2ccc(F)cc2)C1. The molecule has 1 aliphatic heterocycles. The number of carbonyl (C=O) groups is 1. The van der Waals surface area contributed by atoms with E-state index in [1.807, 2.05) is 6.07 Å². The molecule has 0 bridgehead atoms. The number of aromatic nitrogens is 2. The number of rotatable bonds is 2. The Labute approximate surface area is 141 Å². The van der Waals surface area contributed by atoms with Gasteiger partial charge in [0.1, 0.15) is 21.8 Å². The zero-order valence-corrected chi connectivity index (χ0v) is 13.5. The highest BCUT2D eigenvalue weighted by Crippen LogP contribution is 2.33. The van der Waals surface area contributed by atoms with Gasteiger partial charge in [-0.25, -0.2) is 14.4 Å². The molecule has 24 heavy (non-hydrogen) atoms. The van der Waals surface area contributed by atoms with E-state index >= 15 is 0 Å². The number of nitrogens with zero attached hydrogens (tertiary/aromatic N) is 3. The van der Waals surface area contributed by atoms with Crippen LogP contribution in [0.25, 0.3) is 10.3 Å². The predicted octanol–water partition coefficient (Wildman–Crippen LogP) is 2.56. The maximum absolute atomic E-state index is 13.1. The van der Waals surface area contributed by atoms with Crippen LogP contribution >= 0.6 is 11.3 Å². The number of thiazole rings is 1. The van der Waals surface area contributed by atoms with Crippen LogP contribution in [0.3, 0.4) is 0 Å². The lowest BCUT2D eigenvalue weighted by atomic mass is 9.93. The molecule has 1 amide bonds. The molecule has 1 atom stereocenters. The second-order valence-corrected chi connectivity index (χ2v) is 6.84. The molecule has 1 aromatic carbocycles. The van der Waals surface area contributed by atoms with E-state index in [9.17, 15) is 14.3 Å². The van der Waals surface area contributed by atoms with Crippen LogP contribution in [0.15, 0.2) is 42.6 Å². The average Bonchev–Trinajstić information content (AvgIpc) is 3.19. The van der Waals surface area contributed by atoms with Gasteiger partial charge in [-0.2, -0.15) is 0 Å². The van der Waals surface area contributed by atoms with Gasteiger partial charge in [0.25, 0.3) is 5.91 Å². The first-order valence-electron chi connectivity index (χ1n) is 7.54. The van der Waals surface area contributed by atoms with Crippen LogP contribution in [0.2, 0.25) is 0 Å². The third-order valence-corrected chi connectivity index (χ3v) is 5.23. The molecule has 3 heterocycles. The van der Waals surface area contributed by atoms with Gasteiger partial charge in [-0.1, -0.05) is 23.5 Å². The number of fused-ring (bicyclic) bond motifs is 1. The Morgan fingerprint density at radius 1 is 1.29 bits per heavy atom. The van der Waals surface area contributed by atoms with Gasteiger partial charge in [-0.3, -0.25) is 4.79 Å². The topological polar surface area (TPSA) is 66.3 Å². The van der Waals surface area contributed by atoms with E-state index in [1.54, 1.807) is 29.3 Å². The Balaban J connectivity index is 1.57. The van der Waals surface area contributed by atoms with Crippen molar-refractivity contribution >= 4 is 27.6 Å². The van der Waals surface area contributed by atoms with Gasteiger partial charge in [0.15, 0.2) is 5.01 Å². The Hall–Kier alpha value is -2.38. The summed E-state index contributed by atoms with van der Waals surface area (Å²) in [5, 5.41) is 11.2. The minimum Gasteiger partial charge on any atom is -0.383 e. The molecule has 0 radical (unpaired) electrons. The van der Waals surface area contributed by atoms with E-state index in [4.69, 9.17) is 0 Å². The quantitative estimate of drug-likeness (QED) is 0.777. The van der Waals surface area contributed by atoms with Gasteiger partial charge in [-0.05, 0) is 36.2 Å². The monoisotopic (exact) mass is 343 g/mol. The van der Waals surface area contributed by atoms with Crippen LogP contribution in [0.1, 0.15) is 21.8 Å². The molecule has 1 N–H and O–H groups in total. The molecule has 3 aromatic rings. The number of pyridine rings is 1. The van der Waals surface area contributed by atoms with Gasteiger partial charge in [-0.15, -0.1) is 0 Å². The Kier molecular flexibility index (Phi) is 3.54. The summed E-state index contributed by atoms with van der Waals surface area (Å²) in [5.41, 5.74) is 0.155. The van der Waals surface area contributed by atoms with Crippen molar-refractivity contribution in [2.45, 2.75) is 12.0 Å². The summed E-state index contributed by atoms with van der Waals surface area (Å²) >= 11 is 1.25. The Morgan fingerprint density at radius 2 is 2.08 bits per heavy atom. The number of aliphatic hydroxyl groups is 1. The van der Waals surface area contributed by atoms with Crippen molar-refractivity contribution in [2.24, 2.45) is 0 Å². The van der Waals surface area contributed by atoms with Crippen LogP contribution < -0.4 is 0 Å². The maximum atomic E-state index is 13.1. The number of halogens is 1. The first kappa shape index (κ1) is 15.2. The van der Waals surface area contributed by atoms with E-state index in [0.717, 1.165) is 0 Å². The fourth-order valence-electron chi connectivity index (χ4n) is 2.96. The molecule has 1 fully saturated rings.